The van der Waals surface area contributed by atoms with Crippen LogP contribution in [0.1, 0.15) is 15.9 Å². The smallest absolute Gasteiger partial charge is 0.337 e. The molecule has 0 aliphatic heterocycles. The standard InChI is InChI=1S/C18H18N2O4S/c1-24-18(21)15-7-6-14-8-9-20(17(14)11-15)12-13-4-3-5-16(10-13)19-25(2,22)23/h3-11,19H,12H2,1-2H3. The minimum Gasteiger partial charge on any atom is -0.465 e. The van der Waals surface area contributed by atoms with Gasteiger partial charge in [-0.3, -0.25) is 4.72 Å². The molecule has 0 bridgehead atoms. The van der Waals surface area contributed by atoms with Gasteiger partial charge in [-0.2, -0.15) is 0 Å². The van der Waals surface area contributed by atoms with Crippen molar-refractivity contribution < 1.29 is 17.9 Å². The second-order valence-corrected chi connectivity index (χ2v) is 7.53. The summed E-state index contributed by atoms with van der Waals surface area (Å²) < 4.78 is 32.0. The van der Waals surface area contributed by atoms with Crippen LogP contribution in [-0.2, 0) is 21.3 Å². The van der Waals surface area contributed by atoms with Crippen LogP contribution >= 0.6 is 0 Å². The minimum absolute atomic E-state index is 0.381. The molecule has 0 spiro atoms. The van der Waals surface area contributed by atoms with Gasteiger partial charge in [0.2, 0.25) is 10.0 Å². The molecule has 1 aromatic heterocycles. The number of carbonyl (C=O) groups is 1. The molecule has 2 aromatic carbocycles. The van der Waals surface area contributed by atoms with E-state index in [4.69, 9.17) is 4.74 Å². The van der Waals surface area contributed by atoms with Gasteiger partial charge in [-0.25, -0.2) is 13.2 Å². The Bertz CT molecular complexity index is 1040. The summed E-state index contributed by atoms with van der Waals surface area (Å²) in [5, 5.41) is 1.01. The summed E-state index contributed by atoms with van der Waals surface area (Å²) in [6.45, 7) is 0.549. The van der Waals surface area contributed by atoms with E-state index in [0.29, 0.717) is 17.8 Å². The van der Waals surface area contributed by atoms with E-state index in [-0.39, 0.29) is 5.97 Å². The number of esters is 1. The predicted octanol–water partition coefficient (Wildman–Crippen LogP) is 2.85. The van der Waals surface area contributed by atoms with Crippen molar-refractivity contribution in [2.24, 2.45) is 0 Å². The molecule has 3 rings (SSSR count). The minimum atomic E-state index is -3.32. The van der Waals surface area contributed by atoms with Gasteiger partial charge in [-0.15, -0.1) is 0 Å². The maximum atomic E-state index is 11.7. The average Bonchev–Trinajstić information content (AvgIpc) is 2.95. The Morgan fingerprint density at radius 1 is 1.16 bits per heavy atom. The molecule has 0 unspecified atom stereocenters. The highest BCUT2D eigenvalue weighted by atomic mass is 32.2. The summed E-state index contributed by atoms with van der Waals surface area (Å²) in [7, 11) is -1.96. The van der Waals surface area contributed by atoms with E-state index in [2.05, 4.69) is 4.72 Å². The summed E-state index contributed by atoms with van der Waals surface area (Å²) in [6.07, 6.45) is 3.05. The third kappa shape index (κ3) is 4.00. The number of rotatable bonds is 5. The van der Waals surface area contributed by atoms with Crippen molar-refractivity contribution in [2.45, 2.75) is 6.54 Å². The summed E-state index contributed by atoms with van der Waals surface area (Å²) in [6, 6.07) is 14.6. The zero-order chi connectivity index (χ0) is 18.0. The molecule has 0 aliphatic carbocycles. The van der Waals surface area contributed by atoms with Crippen LogP contribution in [0.15, 0.2) is 54.7 Å². The van der Waals surface area contributed by atoms with Gasteiger partial charge in [-0.05, 0) is 41.3 Å². The van der Waals surface area contributed by atoms with Crippen LogP contribution in [0.5, 0.6) is 0 Å². The first-order valence-electron chi connectivity index (χ1n) is 7.60. The molecule has 0 atom stereocenters. The molecule has 1 heterocycles. The lowest BCUT2D eigenvalue weighted by Crippen LogP contribution is -2.10. The van der Waals surface area contributed by atoms with Crippen molar-refractivity contribution in [3.63, 3.8) is 0 Å². The number of benzene rings is 2. The van der Waals surface area contributed by atoms with Gasteiger partial charge in [-0.1, -0.05) is 18.2 Å². The van der Waals surface area contributed by atoms with E-state index in [1.54, 1.807) is 30.3 Å². The maximum absolute atomic E-state index is 11.7. The molecule has 0 aliphatic rings. The maximum Gasteiger partial charge on any atom is 0.337 e. The van der Waals surface area contributed by atoms with Gasteiger partial charge >= 0.3 is 5.97 Å². The molecule has 0 saturated carbocycles. The average molecular weight is 358 g/mol. The third-order valence-electron chi connectivity index (χ3n) is 3.78. The highest BCUT2D eigenvalue weighted by molar-refractivity contribution is 7.92. The van der Waals surface area contributed by atoms with Crippen molar-refractivity contribution in [1.29, 1.82) is 0 Å². The number of carbonyl (C=O) groups excluding carboxylic acids is 1. The number of methoxy groups -OCH3 is 1. The quantitative estimate of drug-likeness (QED) is 0.712. The molecule has 0 saturated heterocycles. The van der Waals surface area contributed by atoms with Gasteiger partial charge in [0.1, 0.15) is 0 Å². The molecule has 0 radical (unpaired) electrons. The van der Waals surface area contributed by atoms with E-state index in [1.165, 1.54) is 7.11 Å². The van der Waals surface area contributed by atoms with Gasteiger partial charge in [0.05, 0.1) is 18.9 Å². The van der Waals surface area contributed by atoms with Crippen LogP contribution in [-0.4, -0.2) is 32.3 Å². The second kappa shape index (κ2) is 6.60. The van der Waals surface area contributed by atoms with Crippen LogP contribution in [0, 0.1) is 0 Å². The largest absolute Gasteiger partial charge is 0.465 e. The summed E-state index contributed by atoms with van der Waals surface area (Å²) in [5.74, 6) is -0.381. The van der Waals surface area contributed by atoms with Gasteiger partial charge in [0, 0.05) is 23.9 Å². The zero-order valence-electron chi connectivity index (χ0n) is 13.9. The Morgan fingerprint density at radius 3 is 2.68 bits per heavy atom. The topological polar surface area (TPSA) is 77.4 Å². The van der Waals surface area contributed by atoms with Crippen LogP contribution < -0.4 is 4.72 Å². The summed E-state index contributed by atoms with van der Waals surface area (Å²) in [4.78, 5) is 11.7. The number of sulfonamides is 1. The van der Waals surface area contributed by atoms with Crippen LogP contribution in [0.25, 0.3) is 10.9 Å². The van der Waals surface area contributed by atoms with Crippen molar-refractivity contribution in [1.82, 2.24) is 4.57 Å². The fourth-order valence-corrected chi connectivity index (χ4v) is 3.27. The Hall–Kier alpha value is -2.80. The number of ether oxygens (including phenoxy) is 1. The van der Waals surface area contributed by atoms with E-state index in [0.717, 1.165) is 22.7 Å². The normalized spacial score (nSPS) is 11.4. The van der Waals surface area contributed by atoms with Crippen LogP contribution in [0.2, 0.25) is 0 Å². The Morgan fingerprint density at radius 2 is 1.96 bits per heavy atom. The lowest BCUT2D eigenvalue weighted by molar-refractivity contribution is 0.0601. The second-order valence-electron chi connectivity index (χ2n) is 5.78. The molecular weight excluding hydrogens is 340 g/mol. The molecule has 7 heteroatoms. The zero-order valence-corrected chi connectivity index (χ0v) is 14.7. The molecule has 25 heavy (non-hydrogen) atoms. The fourth-order valence-electron chi connectivity index (χ4n) is 2.71. The van der Waals surface area contributed by atoms with Crippen molar-refractivity contribution in [3.8, 4) is 0 Å². The highest BCUT2D eigenvalue weighted by Gasteiger charge is 2.09. The molecule has 3 aromatic rings. The van der Waals surface area contributed by atoms with E-state index in [9.17, 15) is 13.2 Å². The van der Waals surface area contributed by atoms with Crippen LogP contribution in [0.3, 0.4) is 0 Å². The summed E-state index contributed by atoms with van der Waals surface area (Å²) in [5.41, 5.74) is 2.85. The predicted molar refractivity (Wildman–Crippen MR) is 97.3 cm³/mol. The Kier molecular flexibility index (Phi) is 4.50. The number of anilines is 1. The number of aromatic nitrogens is 1. The molecule has 6 nitrogen and oxygen atoms in total. The SMILES string of the molecule is COC(=O)c1ccc2ccn(Cc3cccc(NS(C)(=O)=O)c3)c2c1. The fraction of sp³-hybridized carbons (Fsp3) is 0.167. The van der Waals surface area contributed by atoms with E-state index >= 15 is 0 Å². The van der Waals surface area contributed by atoms with Crippen LogP contribution in [0.4, 0.5) is 5.69 Å². The highest BCUT2D eigenvalue weighted by Crippen LogP contribution is 2.21. The summed E-state index contributed by atoms with van der Waals surface area (Å²) >= 11 is 0. The van der Waals surface area contributed by atoms with E-state index in [1.807, 2.05) is 29.0 Å². The molecule has 130 valence electrons. The van der Waals surface area contributed by atoms with Gasteiger partial charge < -0.3 is 9.30 Å². The number of nitrogens with zero attached hydrogens (tertiary/aromatic N) is 1. The lowest BCUT2D eigenvalue weighted by atomic mass is 10.1. The molecule has 1 N–H and O–H groups in total. The Balaban J connectivity index is 1.93. The molecule has 0 amide bonds. The number of hydrogen-bond donors (Lipinski definition) is 1. The lowest BCUT2D eigenvalue weighted by Gasteiger charge is -2.09. The molecule has 0 fully saturated rings. The third-order valence-corrected chi connectivity index (χ3v) is 4.38. The number of hydrogen-bond acceptors (Lipinski definition) is 4. The van der Waals surface area contributed by atoms with Crippen molar-refractivity contribution in [2.75, 3.05) is 18.1 Å². The van der Waals surface area contributed by atoms with E-state index < -0.39 is 10.0 Å². The van der Waals surface area contributed by atoms with Crippen molar-refractivity contribution >= 4 is 32.6 Å². The monoisotopic (exact) mass is 358 g/mol. The Labute approximate surface area is 146 Å². The number of nitrogens with one attached hydrogen (secondary N) is 1. The first-order valence-corrected chi connectivity index (χ1v) is 9.49. The van der Waals surface area contributed by atoms with Gasteiger partial charge in [0.25, 0.3) is 0 Å². The molecular formula is C18H18N2O4S. The van der Waals surface area contributed by atoms with Gasteiger partial charge in [0.15, 0.2) is 0 Å². The number of fused-ring (bicyclic) bond motifs is 1. The first-order chi connectivity index (χ1) is 11.9. The van der Waals surface area contributed by atoms with Crippen molar-refractivity contribution in [3.05, 3.63) is 65.9 Å². The first kappa shape index (κ1) is 17.0.